The Kier molecular flexibility index (Phi) is 19.7. The highest BCUT2D eigenvalue weighted by Gasteiger charge is 2.27. The maximum atomic E-state index is 12.1. The Morgan fingerprint density at radius 2 is 1.80 bits per heavy atom. The number of nitrogens with two attached hydrogens (primary N) is 1. The average Bonchev–Trinajstić information content (AvgIpc) is 2.75. The van der Waals surface area contributed by atoms with Gasteiger partial charge in [-0.25, -0.2) is 4.79 Å². The Morgan fingerprint density at radius 3 is 2.27 bits per heavy atom. The van der Waals surface area contributed by atoms with Crippen molar-refractivity contribution in [2.75, 3.05) is 40.5 Å². The largest absolute Gasteiger partial charge is 0.444 e. The van der Waals surface area contributed by atoms with Crippen molar-refractivity contribution in [2.24, 2.45) is 11.7 Å². The molecule has 0 aliphatic carbocycles. The molecule has 6 heteroatoms. The Labute approximate surface area is 184 Å². The van der Waals surface area contributed by atoms with Gasteiger partial charge >= 0.3 is 6.09 Å². The second kappa shape index (κ2) is 19.3. The molecule has 176 valence electrons. The summed E-state index contributed by atoms with van der Waals surface area (Å²) in [5, 5.41) is 8.12. The number of carbonyl (C=O) groups is 1. The number of hydrogen-bond donors (Lipinski definition) is 2. The molecule has 0 radical (unpaired) electrons. The lowest BCUT2D eigenvalue weighted by atomic mass is 9.91. The average molecular weight is 427 g/mol. The molecule has 0 spiro atoms. The molecule has 1 heterocycles. The normalized spacial score (nSPS) is 15.4. The summed E-state index contributed by atoms with van der Waals surface area (Å²) in [7, 11) is 3.12. The second-order valence-electron chi connectivity index (χ2n) is 7.69. The van der Waals surface area contributed by atoms with Crippen LogP contribution in [0.5, 0.6) is 0 Å². The zero-order valence-corrected chi connectivity index (χ0v) is 20.3. The van der Waals surface area contributed by atoms with E-state index < -0.39 is 5.60 Å². The standard InChI is InChI=1S/C17H25NO2.C4H10O2.C2H6.CH5N/c1-17(2,3)20-16(19)18-11-7-10-15(13-18)12-14-8-5-4-6-9-14;1-6-4-2-3-5;2*1-2/h4-6,8-9,15H,7,10-13H2,1-3H3;5H,2-4H2,1H3;1-2H3;2H2,1H3. The zero-order chi connectivity index (χ0) is 23.4. The SMILES string of the molecule is CC.CC(C)(C)OC(=O)N1CCCC(Cc2ccccc2)C1.CN.COCCCO. The molecule has 30 heavy (non-hydrogen) atoms. The van der Waals surface area contributed by atoms with E-state index in [-0.39, 0.29) is 12.7 Å². The molecular formula is C24H46N2O4. The monoisotopic (exact) mass is 426 g/mol. The molecule has 1 aromatic rings. The Hall–Kier alpha value is -1.63. The van der Waals surface area contributed by atoms with Gasteiger partial charge < -0.3 is 25.2 Å². The predicted octanol–water partition coefficient (Wildman–Crippen LogP) is 4.49. The summed E-state index contributed by atoms with van der Waals surface area (Å²) in [6.45, 7) is 12.3. The highest BCUT2D eigenvalue weighted by molar-refractivity contribution is 5.68. The third-order valence-electron chi connectivity index (χ3n) is 4.04. The Bertz CT molecular complexity index is 500. The van der Waals surface area contributed by atoms with Crippen LogP contribution in [0.25, 0.3) is 0 Å². The highest BCUT2D eigenvalue weighted by Crippen LogP contribution is 2.22. The minimum absolute atomic E-state index is 0.171. The molecule has 1 unspecified atom stereocenters. The van der Waals surface area contributed by atoms with E-state index in [4.69, 9.17) is 9.84 Å². The number of amides is 1. The van der Waals surface area contributed by atoms with E-state index in [1.54, 1.807) is 7.11 Å². The molecule has 1 atom stereocenters. The minimum atomic E-state index is -0.413. The van der Waals surface area contributed by atoms with Crippen LogP contribution in [0.15, 0.2) is 30.3 Å². The highest BCUT2D eigenvalue weighted by atomic mass is 16.6. The van der Waals surface area contributed by atoms with E-state index in [0.29, 0.717) is 12.5 Å². The first-order valence-corrected chi connectivity index (χ1v) is 11.0. The molecule has 2 rings (SSSR count). The third-order valence-corrected chi connectivity index (χ3v) is 4.04. The van der Waals surface area contributed by atoms with Gasteiger partial charge in [-0.2, -0.15) is 0 Å². The summed E-state index contributed by atoms with van der Waals surface area (Å²) in [5.74, 6) is 0.540. The van der Waals surface area contributed by atoms with Crippen LogP contribution in [-0.2, 0) is 15.9 Å². The number of rotatable bonds is 5. The zero-order valence-electron chi connectivity index (χ0n) is 20.3. The van der Waals surface area contributed by atoms with Crippen LogP contribution in [0.1, 0.15) is 59.4 Å². The molecule has 1 aliphatic heterocycles. The van der Waals surface area contributed by atoms with Gasteiger partial charge in [0.2, 0.25) is 0 Å². The summed E-state index contributed by atoms with van der Waals surface area (Å²) in [5.41, 5.74) is 5.44. The molecule has 0 bridgehead atoms. The number of aliphatic hydroxyl groups excluding tert-OH is 1. The lowest BCUT2D eigenvalue weighted by molar-refractivity contribution is 0.0166. The van der Waals surface area contributed by atoms with Crippen LogP contribution in [0.3, 0.4) is 0 Å². The van der Waals surface area contributed by atoms with Crippen molar-refractivity contribution in [3.05, 3.63) is 35.9 Å². The van der Waals surface area contributed by atoms with Gasteiger partial charge in [-0.3, -0.25) is 0 Å². The molecule has 0 saturated carbocycles. The summed E-state index contributed by atoms with van der Waals surface area (Å²) < 4.78 is 10.1. The third kappa shape index (κ3) is 16.2. The van der Waals surface area contributed by atoms with E-state index in [9.17, 15) is 4.79 Å². The molecule has 3 N–H and O–H groups in total. The van der Waals surface area contributed by atoms with E-state index in [0.717, 1.165) is 32.4 Å². The first-order valence-electron chi connectivity index (χ1n) is 11.0. The van der Waals surface area contributed by atoms with Gasteiger partial charge in [0.25, 0.3) is 0 Å². The van der Waals surface area contributed by atoms with E-state index >= 15 is 0 Å². The first-order chi connectivity index (χ1) is 14.4. The van der Waals surface area contributed by atoms with Crippen LogP contribution in [0, 0.1) is 5.92 Å². The first kappa shape index (κ1) is 30.6. The number of nitrogens with zero attached hydrogens (tertiary/aromatic N) is 1. The molecule has 6 nitrogen and oxygen atoms in total. The number of likely N-dealkylation sites (tertiary alicyclic amines) is 1. The smallest absolute Gasteiger partial charge is 0.410 e. The number of ether oxygens (including phenoxy) is 2. The molecule has 1 saturated heterocycles. The number of carbonyl (C=O) groups excluding carboxylic acids is 1. The molecule has 0 aromatic heterocycles. The Balaban J connectivity index is 0. The topological polar surface area (TPSA) is 85.0 Å². The lowest BCUT2D eigenvalue weighted by Crippen LogP contribution is -2.43. The minimum Gasteiger partial charge on any atom is -0.444 e. The fourth-order valence-electron chi connectivity index (χ4n) is 2.88. The molecular weight excluding hydrogens is 380 g/mol. The van der Waals surface area contributed by atoms with E-state index in [2.05, 4.69) is 34.7 Å². The van der Waals surface area contributed by atoms with Crippen molar-refractivity contribution in [2.45, 2.75) is 65.9 Å². The van der Waals surface area contributed by atoms with Gasteiger partial charge in [-0.1, -0.05) is 44.2 Å². The number of piperidine rings is 1. The van der Waals surface area contributed by atoms with Gasteiger partial charge in [0.15, 0.2) is 0 Å². The van der Waals surface area contributed by atoms with Crippen LogP contribution in [0.2, 0.25) is 0 Å². The maximum Gasteiger partial charge on any atom is 0.410 e. The quantitative estimate of drug-likeness (QED) is 0.678. The van der Waals surface area contributed by atoms with Gasteiger partial charge in [0.1, 0.15) is 5.60 Å². The number of aliphatic hydroxyl groups is 1. The van der Waals surface area contributed by atoms with Gasteiger partial charge in [0.05, 0.1) is 0 Å². The van der Waals surface area contributed by atoms with Gasteiger partial charge in [-0.15, -0.1) is 0 Å². The summed E-state index contributed by atoms with van der Waals surface area (Å²) >= 11 is 0. The number of hydrogen-bond acceptors (Lipinski definition) is 5. The summed E-state index contributed by atoms with van der Waals surface area (Å²) in [6.07, 6.45) is 3.87. The molecule has 1 aliphatic rings. The summed E-state index contributed by atoms with van der Waals surface area (Å²) in [4.78, 5) is 14.0. The maximum absolute atomic E-state index is 12.1. The molecule has 1 amide bonds. The van der Waals surface area contributed by atoms with Crippen molar-refractivity contribution < 1.29 is 19.4 Å². The summed E-state index contributed by atoms with van der Waals surface area (Å²) in [6, 6.07) is 10.5. The predicted molar refractivity (Wildman–Crippen MR) is 126 cm³/mol. The number of benzene rings is 1. The molecule has 1 aromatic carbocycles. The van der Waals surface area contributed by atoms with Crippen LogP contribution in [-0.4, -0.2) is 62.2 Å². The fourth-order valence-corrected chi connectivity index (χ4v) is 2.88. The van der Waals surface area contributed by atoms with Gasteiger partial charge in [0, 0.05) is 33.4 Å². The lowest BCUT2D eigenvalue weighted by Gasteiger charge is -2.34. The Morgan fingerprint density at radius 1 is 1.20 bits per heavy atom. The van der Waals surface area contributed by atoms with Crippen molar-refractivity contribution >= 4 is 6.09 Å². The second-order valence-corrected chi connectivity index (χ2v) is 7.69. The van der Waals surface area contributed by atoms with Crippen molar-refractivity contribution in [3.8, 4) is 0 Å². The number of methoxy groups -OCH3 is 1. The van der Waals surface area contributed by atoms with E-state index in [1.807, 2.05) is 45.6 Å². The van der Waals surface area contributed by atoms with Crippen molar-refractivity contribution in [1.82, 2.24) is 4.90 Å². The molecule has 1 fully saturated rings. The fraction of sp³-hybridized carbons (Fsp3) is 0.708. The van der Waals surface area contributed by atoms with Crippen LogP contribution >= 0.6 is 0 Å². The van der Waals surface area contributed by atoms with Gasteiger partial charge in [-0.05, 0) is 65.0 Å². The van der Waals surface area contributed by atoms with Crippen LogP contribution < -0.4 is 5.73 Å². The van der Waals surface area contributed by atoms with Crippen molar-refractivity contribution in [1.29, 1.82) is 0 Å². The van der Waals surface area contributed by atoms with Crippen molar-refractivity contribution in [3.63, 3.8) is 0 Å². The van der Waals surface area contributed by atoms with Crippen LogP contribution in [0.4, 0.5) is 4.79 Å². The van der Waals surface area contributed by atoms with E-state index in [1.165, 1.54) is 19.0 Å².